The number of rotatable bonds is 2. The van der Waals surface area contributed by atoms with Crippen LogP contribution in [-0.4, -0.2) is 10.9 Å². The van der Waals surface area contributed by atoms with Gasteiger partial charge in [0.25, 0.3) is 5.92 Å². The summed E-state index contributed by atoms with van der Waals surface area (Å²) in [4.78, 5) is 4.19. The lowest BCUT2D eigenvalue weighted by molar-refractivity contribution is -0.00999. The Kier molecular flexibility index (Phi) is 3.31. The van der Waals surface area contributed by atoms with Gasteiger partial charge in [-0.3, -0.25) is 4.98 Å². The van der Waals surface area contributed by atoms with Crippen molar-refractivity contribution in [1.29, 1.82) is 0 Å². The van der Waals surface area contributed by atoms with E-state index in [1.807, 2.05) is 32.2 Å². The van der Waals surface area contributed by atoms with Gasteiger partial charge in [0.2, 0.25) is 0 Å². The summed E-state index contributed by atoms with van der Waals surface area (Å²) in [5, 5.41) is 0. The summed E-state index contributed by atoms with van der Waals surface area (Å²) in [5.74, 6) is -3.32. The van der Waals surface area contributed by atoms with Crippen molar-refractivity contribution in [1.82, 2.24) is 4.98 Å². The lowest BCUT2D eigenvalue weighted by Crippen LogP contribution is -2.19. The summed E-state index contributed by atoms with van der Waals surface area (Å²) in [6.07, 6.45) is 4.15. The maximum Gasteiger partial charge on any atom is 0.258 e. The Morgan fingerprint density at radius 3 is 2.71 bits per heavy atom. The van der Waals surface area contributed by atoms with E-state index in [4.69, 9.17) is 0 Å². The average Bonchev–Trinajstić information content (AvgIpc) is 2.65. The van der Waals surface area contributed by atoms with Gasteiger partial charge in [-0.05, 0) is 53.6 Å². The first-order chi connectivity index (χ1) is 9.88. The second-order valence-corrected chi connectivity index (χ2v) is 6.14. The monoisotopic (exact) mass is 287 g/mol. The predicted octanol–water partition coefficient (Wildman–Crippen LogP) is 4.58. The van der Waals surface area contributed by atoms with Gasteiger partial charge in [-0.25, -0.2) is 8.78 Å². The number of aryl methyl sites for hydroxylation is 2. The third kappa shape index (κ3) is 2.45. The fourth-order valence-electron chi connectivity index (χ4n) is 3.34. The Bertz CT molecular complexity index is 692. The normalized spacial score (nSPS) is 19.6. The molecule has 0 fully saturated rings. The van der Waals surface area contributed by atoms with E-state index in [2.05, 4.69) is 11.1 Å². The Labute approximate surface area is 124 Å². The van der Waals surface area contributed by atoms with Crippen LogP contribution < -0.4 is 0 Å². The maximum atomic E-state index is 14.1. The van der Waals surface area contributed by atoms with Crippen molar-refractivity contribution in [2.45, 2.75) is 45.5 Å². The van der Waals surface area contributed by atoms with Crippen LogP contribution >= 0.6 is 0 Å². The molecule has 2 aromatic rings. The van der Waals surface area contributed by atoms with Gasteiger partial charge in [0, 0.05) is 24.7 Å². The molecular formula is C18H19F2N. The van der Waals surface area contributed by atoms with Gasteiger partial charge in [0.15, 0.2) is 0 Å². The molecule has 0 aliphatic heterocycles. The molecule has 0 radical (unpaired) electrons. The molecule has 0 unspecified atom stereocenters. The number of alkyl halides is 2. The van der Waals surface area contributed by atoms with E-state index in [9.17, 15) is 8.78 Å². The smallest absolute Gasteiger partial charge is 0.258 e. The number of halogens is 2. The van der Waals surface area contributed by atoms with Gasteiger partial charge in [0.05, 0.1) is 0 Å². The van der Waals surface area contributed by atoms with Crippen molar-refractivity contribution >= 4 is 0 Å². The van der Waals surface area contributed by atoms with Gasteiger partial charge in [-0.1, -0.05) is 25.1 Å². The molecule has 1 aromatic carbocycles. The van der Waals surface area contributed by atoms with E-state index in [-0.39, 0.29) is 6.42 Å². The summed E-state index contributed by atoms with van der Waals surface area (Å²) < 4.78 is 28.2. The fourth-order valence-corrected chi connectivity index (χ4v) is 3.34. The first-order valence-electron chi connectivity index (χ1n) is 7.28. The van der Waals surface area contributed by atoms with Crippen LogP contribution in [0.2, 0.25) is 0 Å². The Hall–Kier alpha value is -1.77. The van der Waals surface area contributed by atoms with E-state index in [1.165, 1.54) is 0 Å². The van der Waals surface area contributed by atoms with Crippen molar-refractivity contribution in [3.05, 3.63) is 64.0 Å². The second kappa shape index (κ2) is 4.90. The molecule has 0 saturated carbocycles. The van der Waals surface area contributed by atoms with Crippen LogP contribution in [0.1, 0.15) is 46.2 Å². The van der Waals surface area contributed by atoms with E-state index in [0.717, 1.165) is 33.4 Å². The number of pyridine rings is 1. The molecule has 0 amide bonds. The predicted molar refractivity (Wildman–Crippen MR) is 80.0 cm³/mol. The van der Waals surface area contributed by atoms with Crippen LogP contribution in [0.25, 0.3) is 0 Å². The molecule has 110 valence electrons. The highest BCUT2D eigenvalue weighted by atomic mass is 19.3. The fraction of sp³-hybridized carbons (Fsp3) is 0.389. The molecule has 0 spiro atoms. The lowest BCUT2D eigenvalue weighted by Gasteiger charge is -2.15. The number of nitrogens with zero attached hydrogens (tertiary/aromatic N) is 1. The minimum absolute atomic E-state index is 0.139. The summed E-state index contributed by atoms with van der Waals surface area (Å²) in [5.41, 5.74) is 5.83. The first kappa shape index (κ1) is 14.2. The van der Waals surface area contributed by atoms with Crippen LogP contribution in [0.3, 0.4) is 0 Å². The molecule has 1 nitrogen and oxygen atoms in total. The molecule has 3 rings (SSSR count). The summed E-state index contributed by atoms with van der Waals surface area (Å²) in [7, 11) is 0. The zero-order valence-electron chi connectivity index (χ0n) is 12.6. The number of benzene rings is 1. The van der Waals surface area contributed by atoms with Crippen LogP contribution in [0, 0.1) is 13.8 Å². The molecule has 1 aromatic heterocycles. The van der Waals surface area contributed by atoms with Crippen LogP contribution in [0.5, 0.6) is 0 Å². The van der Waals surface area contributed by atoms with Crippen LogP contribution in [0.4, 0.5) is 8.78 Å². The zero-order chi connectivity index (χ0) is 15.2. The molecule has 0 bridgehead atoms. The Morgan fingerprint density at radius 2 is 2.00 bits per heavy atom. The SMILES string of the molecule is Cc1cncc(Cc2ccc(C)c3c2CC(F)(F)[C@H]3C)c1. The van der Waals surface area contributed by atoms with Crippen LogP contribution in [-0.2, 0) is 12.8 Å². The zero-order valence-corrected chi connectivity index (χ0v) is 12.6. The first-order valence-corrected chi connectivity index (χ1v) is 7.28. The van der Waals surface area contributed by atoms with E-state index < -0.39 is 11.8 Å². The van der Waals surface area contributed by atoms with Gasteiger partial charge < -0.3 is 0 Å². The largest absolute Gasteiger partial charge is 0.264 e. The third-order valence-corrected chi connectivity index (χ3v) is 4.48. The molecule has 1 aliphatic carbocycles. The van der Waals surface area contributed by atoms with Gasteiger partial charge in [-0.15, -0.1) is 0 Å². The van der Waals surface area contributed by atoms with Crippen LogP contribution in [0.15, 0.2) is 30.6 Å². The van der Waals surface area contributed by atoms with Gasteiger partial charge >= 0.3 is 0 Å². The molecule has 21 heavy (non-hydrogen) atoms. The van der Waals surface area contributed by atoms with Gasteiger partial charge in [0.1, 0.15) is 0 Å². The van der Waals surface area contributed by atoms with Crippen molar-refractivity contribution in [2.24, 2.45) is 0 Å². The standard InChI is InChI=1S/C18H19F2N/c1-11-6-14(10-21-9-11)7-15-5-4-12(2)17-13(3)18(19,20)8-16(15)17/h4-6,9-10,13H,7-8H2,1-3H3/t13-/m0/s1. The van der Waals surface area contributed by atoms with Crippen molar-refractivity contribution in [3.63, 3.8) is 0 Å². The highest BCUT2D eigenvalue weighted by molar-refractivity contribution is 5.49. The highest BCUT2D eigenvalue weighted by Gasteiger charge is 2.46. The van der Waals surface area contributed by atoms with Crippen molar-refractivity contribution in [3.8, 4) is 0 Å². The maximum absolute atomic E-state index is 14.1. The summed E-state index contributed by atoms with van der Waals surface area (Å²) >= 11 is 0. The summed E-state index contributed by atoms with van der Waals surface area (Å²) in [6, 6.07) is 6.02. The lowest BCUT2D eigenvalue weighted by atomic mass is 9.92. The quantitative estimate of drug-likeness (QED) is 0.787. The molecular weight excluding hydrogens is 268 g/mol. The highest BCUT2D eigenvalue weighted by Crippen LogP contribution is 2.47. The molecule has 1 atom stereocenters. The molecule has 3 heteroatoms. The molecule has 1 heterocycles. The minimum Gasteiger partial charge on any atom is -0.264 e. The molecule has 0 saturated heterocycles. The van der Waals surface area contributed by atoms with Crippen molar-refractivity contribution in [2.75, 3.05) is 0 Å². The van der Waals surface area contributed by atoms with E-state index >= 15 is 0 Å². The number of fused-ring (bicyclic) bond motifs is 1. The average molecular weight is 287 g/mol. The number of hydrogen-bond acceptors (Lipinski definition) is 1. The molecule has 0 N–H and O–H groups in total. The number of hydrogen-bond donors (Lipinski definition) is 0. The van der Waals surface area contributed by atoms with Crippen molar-refractivity contribution < 1.29 is 8.78 Å². The summed E-state index contributed by atoms with van der Waals surface area (Å²) in [6.45, 7) is 5.55. The third-order valence-electron chi connectivity index (χ3n) is 4.48. The second-order valence-electron chi connectivity index (χ2n) is 6.14. The Morgan fingerprint density at radius 1 is 1.24 bits per heavy atom. The molecule has 1 aliphatic rings. The van der Waals surface area contributed by atoms with E-state index in [1.54, 1.807) is 13.1 Å². The minimum atomic E-state index is -2.63. The number of aromatic nitrogens is 1. The Balaban J connectivity index is 2.03. The van der Waals surface area contributed by atoms with Gasteiger partial charge in [-0.2, -0.15) is 0 Å². The topological polar surface area (TPSA) is 12.9 Å². The van der Waals surface area contributed by atoms with E-state index in [0.29, 0.717) is 6.42 Å².